The first kappa shape index (κ1) is 3.83. The molecule has 43 valence electrons. The number of hydrogen-bond acceptors (Lipinski definition) is 0. The Hall–Kier alpha value is -0.110. The number of hydrogen-bond donors (Lipinski definition) is 0. The lowest BCUT2D eigenvalue weighted by atomic mass is 10.2. The Bertz CT molecular complexity index is 210. The highest BCUT2D eigenvalue weighted by atomic mass is 79.9. The molecule has 0 saturated carbocycles. The van der Waals surface area contributed by atoms with Gasteiger partial charge in [-0.15, -0.1) is 0 Å². The SMILES string of the molecule is [2H][C]1CC=C(F)C([2H])=C1Br. The second kappa shape index (κ2) is 2.44. The van der Waals surface area contributed by atoms with E-state index in [1.807, 2.05) is 0 Å². The van der Waals surface area contributed by atoms with Gasteiger partial charge in [0, 0.05) is 12.3 Å². The Labute approximate surface area is 59.0 Å². The summed E-state index contributed by atoms with van der Waals surface area (Å²) in [7, 11) is 0. The molecule has 0 bridgehead atoms. The second-order valence-corrected chi connectivity index (χ2v) is 2.16. The van der Waals surface area contributed by atoms with E-state index in [-0.39, 0.29) is 23.4 Å². The third kappa shape index (κ3) is 1.44. The van der Waals surface area contributed by atoms with Crippen LogP contribution < -0.4 is 0 Å². The lowest BCUT2D eigenvalue weighted by Crippen LogP contribution is -1.81. The maximum Gasteiger partial charge on any atom is 0.120 e. The smallest absolute Gasteiger partial charge is 0.120 e. The van der Waals surface area contributed by atoms with E-state index in [9.17, 15) is 4.39 Å². The van der Waals surface area contributed by atoms with Crippen LogP contribution in [0.2, 0.25) is 0 Å². The zero-order valence-electron chi connectivity index (χ0n) is 6.04. The van der Waals surface area contributed by atoms with Gasteiger partial charge in [-0.05, 0) is 18.5 Å². The summed E-state index contributed by atoms with van der Waals surface area (Å²) < 4.78 is 27.0. The minimum Gasteiger partial charge on any atom is -0.207 e. The van der Waals surface area contributed by atoms with Crippen LogP contribution in [0.5, 0.6) is 0 Å². The molecule has 1 aliphatic rings. The second-order valence-electron chi connectivity index (χ2n) is 1.37. The standard InChI is InChI=1S/C6H5BrF/c7-5-2-1-3-6(8)4-5/h2-4H,1H2/i2D,4D. The largest absolute Gasteiger partial charge is 0.207 e. The topological polar surface area (TPSA) is 0 Å². The molecule has 0 aliphatic heterocycles. The van der Waals surface area contributed by atoms with E-state index in [0.717, 1.165) is 0 Å². The highest BCUT2D eigenvalue weighted by Gasteiger charge is 1.99. The average Bonchev–Trinajstić information content (AvgIpc) is 1.93. The molecule has 0 heterocycles. The first-order valence-electron chi connectivity index (χ1n) is 3.18. The molecule has 0 N–H and O–H groups in total. The minimum absolute atomic E-state index is 0.226. The molecule has 1 aliphatic carbocycles. The summed E-state index contributed by atoms with van der Waals surface area (Å²) in [5.74, 6) is -0.553. The summed E-state index contributed by atoms with van der Waals surface area (Å²) in [5, 5.41) is 0. The van der Waals surface area contributed by atoms with Crippen molar-refractivity contribution in [3.8, 4) is 0 Å². The van der Waals surface area contributed by atoms with Crippen molar-refractivity contribution in [2.45, 2.75) is 6.42 Å². The summed E-state index contributed by atoms with van der Waals surface area (Å²) in [6.45, 7) is 0. The first-order chi connectivity index (χ1) is 4.63. The molecule has 2 heteroatoms. The third-order valence-electron chi connectivity index (χ3n) is 0.768. The van der Waals surface area contributed by atoms with E-state index < -0.39 is 5.83 Å². The van der Waals surface area contributed by atoms with Gasteiger partial charge in [0.05, 0.1) is 1.37 Å². The van der Waals surface area contributed by atoms with Crippen molar-refractivity contribution in [3.63, 3.8) is 0 Å². The molecular weight excluding hydrogens is 171 g/mol. The van der Waals surface area contributed by atoms with E-state index in [2.05, 4.69) is 15.9 Å². The van der Waals surface area contributed by atoms with Gasteiger partial charge in [0.2, 0.25) is 0 Å². The maximum absolute atomic E-state index is 12.5. The molecule has 0 aromatic rings. The van der Waals surface area contributed by atoms with Gasteiger partial charge in [0.25, 0.3) is 0 Å². The van der Waals surface area contributed by atoms with E-state index in [0.29, 0.717) is 0 Å². The quantitative estimate of drug-likeness (QED) is 0.534. The van der Waals surface area contributed by atoms with Crippen LogP contribution in [0.4, 0.5) is 4.39 Å². The van der Waals surface area contributed by atoms with Gasteiger partial charge < -0.3 is 0 Å². The van der Waals surface area contributed by atoms with Crippen molar-refractivity contribution in [1.82, 2.24) is 0 Å². The Morgan fingerprint density at radius 1 is 1.88 bits per heavy atom. The Kier molecular flexibility index (Phi) is 1.17. The fourth-order valence-electron chi connectivity index (χ4n) is 0.430. The fourth-order valence-corrected chi connectivity index (χ4v) is 0.782. The zero-order valence-corrected chi connectivity index (χ0v) is 5.63. The van der Waals surface area contributed by atoms with Crippen LogP contribution in [0.1, 0.15) is 9.16 Å². The zero-order chi connectivity index (χ0) is 7.72. The molecule has 8 heavy (non-hydrogen) atoms. The molecule has 1 rings (SSSR count). The predicted octanol–water partition coefficient (Wildman–Crippen LogP) is 2.73. The van der Waals surface area contributed by atoms with Crippen LogP contribution in [0, 0.1) is 6.40 Å². The van der Waals surface area contributed by atoms with E-state index in [1.165, 1.54) is 6.08 Å². The Morgan fingerprint density at radius 2 is 2.62 bits per heavy atom. The highest BCUT2D eigenvalue weighted by Crippen LogP contribution is 2.20. The summed E-state index contributed by atoms with van der Waals surface area (Å²) in [6.07, 6.45) is 1.76. The summed E-state index contributed by atoms with van der Waals surface area (Å²) in [6, 6.07) is -0.226. The molecular formula is C6H5BrF. The lowest BCUT2D eigenvalue weighted by Gasteiger charge is -1.99. The van der Waals surface area contributed by atoms with Gasteiger partial charge in [-0.1, -0.05) is 15.9 Å². The Balaban J connectivity index is 2.94. The van der Waals surface area contributed by atoms with Crippen LogP contribution in [0.3, 0.4) is 0 Å². The number of allylic oxidation sites excluding steroid dienone is 4. The van der Waals surface area contributed by atoms with Gasteiger partial charge >= 0.3 is 0 Å². The van der Waals surface area contributed by atoms with Crippen LogP contribution in [-0.4, -0.2) is 0 Å². The lowest BCUT2D eigenvalue weighted by molar-refractivity contribution is 0.658. The third-order valence-corrected chi connectivity index (χ3v) is 1.25. The van der Waals surface area contributed by atoms with Crippen molar-refractivity contribution in [2.24, 2.45) is 0 Å². The average molecular weight is 178 g/mol. The Morgan fingerprint density at radius 3 is 3.25 bits per heavy atom. The monoisotopic (exact) mass is 177 g/mol. The van der Waals surface area contributed by atoms with Crippen LogP contribution in [-0.2, 0) is 0 Å². The fraction of sp³-hybridized carbons (Fsp3) is 0.167. The van der Waals surface area contributed by atoms with Crippen LogP contribution in [0.25, 0.3) is 0 Å². The number of rotatable bonds is 0. The van der Waals surface area contributed by atoms with E-state index >= 15 is 0 Å². The first-order valence-corrected chi connectivity index (χ1v) is 2.97. The molecule has 0 spiro atoms. The summed E-state index contributed by atoms with van der Waals surface area (Å²) in [4.78, 5) is 0. The molecule has 0 nitrogen and oxygen atoms in total. The van der Waals surface area contributed by atoms with Crippen molar-refractivity contribution in [1.29, 1.82) is 0 Å². The molecule has 0 aromatic carbocycles. The molecule has 1 radical (unpaired) electrons. The van der Waals surface area contributed by atoms with Crippen molar-refractivity contribution in [2.75, 3.05) is 0 Å². The molecule has 0 unspecified atom stereocenters. The normalized spacial score (nSPS) is 27.0. The summed E-state index contributed by atoms with van der Waals surface area (Å²) in [5.41, 5.74) is 0. The van der Waals surface area contributed by atoms with Gasteiger partial charge in [-0.25, -0.2) is 4.39 Å². The van der Waals surface area contributed by atoms with Crippen molar-refractivity contribution in [3.05, 3.63) is 28.8 Å². The van der Waals surface area contributed by atoms with Gasteiger partial charge in [0.15, 0.2) is 0 Å². The molecule has 0 aromatic heterocycles. The van der Waals surface area contributed by atoms with Gasteiger partial charge in [0.1, 0.15) is 5.83 Å². The summed E-state index contributed by atoms with van der Waals surface area (Å²) >= 11 is 2.95. The van der Waals surface area contributed by atoms with Crippen molar-refractivity contribution >= 4 is 15.9 Å². The van der Waals surface area contributed by atoms with Gasteiger partial charge in [-0.3, -0.25) is 0 Å². The predicted molar refractivity (Wildman–Crippen MR) is 35.1 cm³/mol. The molecule has 0 saturated heterocycles. The molecule has 0 amide bonds. The highest BCUT2D eigenvalue weighted by molar-refractivity contribution is 9.11. The van der Waals surface area contributed by atoms with E-state index in [1.54, 1.807) is 0 Å². The van der Waals surface area contributed by atoms with Gasteiger partial charge in [-0.2, -0.15) is 0 Å². The number of halogens is 2. The van der Waals surface area contributed by atoms with Crippen LogP contribution >= 0.6 is 15.9 Å². The van der Waals surface area contributed by atoms with Crippen molar-refractivity contribution < 1.29 is 7.13 Å². The van der Waals surface area contributed by atoms with E-state index in [4.69, 9.17) is 2.74 Å². The molecule has 0 fully saturated rings. The molecule has 0 atom stereocenters. The minimum atomic E-state index is -0.553. The maximum atomic E-state index is 12.5. The van der Waals surface area contributed by atoms with Crippen LogP contribution in [0.15, 0.2) is 22.4 Å².